The Morgan fingerprint density at radius 1 is 1.48 bits per heavy atom. The molecular formula is C16H29NO3S. The number of sulfone groups is 1. The third kappa shape index (κ3) is 4.56. The van der Waals surface area contributed by atoms with Gasteiger partial charge in [0.1, 0.15) is 11.0 Å². The molecule has 0 saturated heterocycles. The molecule has 1 rings (SSSR count). The second-order valence-electron chi connectivity index (χ2n) is 6.18. The van der Waals surface area contributed by atoms with Gasteiger partial charge in [-0.3, -0.25) is 4.99 Å². The molecule has 4 nitrogen and oxygen atoms in total. The third-order valence-electron chi connectivity index (χ3n) is 4.58. The van der Waals surface area contributed by atoms with Crippen molar-refractivity contribution in [3.05, 3.63) is 11.3 Å². The zero-order valence-corrected chi connectivity index (χ0v) is 15.0. The van der Waals surface area contributed by atoms with Crippen LogP contribution in [0.3, 0.4) is 0 Å². The molecule has 0 bridgehead atoms. The van der Waals surface area contributed by atoms with Gasteiger partial charge in [-0.15, -0.1) is 0 Å². The fourth-order valence-electron chi connectivity index (χ4n) is 3.03. The summed E-state index contributed by atoms with van der Waals surface area (Å²) < 4.78 is 29.6. The molecule has 0 aromatic rings. The molecule has 0 fully saturated rings. The number of ether oxygens (including phenoxy) is 1. The minimum absolute atomic E-state index is 0.553. The van der Waals surface area contributed by atoms with Gasteiger partial charge in [-0.25, -0.2) is 8.42 Å². The van der Waals surface area contributed by atoms with Crippen LogP contribution in [0.5, 0.6) is 0 Å². The van der Waals surface area contributed by atoms with Crippen LogP contribution in [0.15, 0.2) is 16.3 Å². The molecular weight excluding hydrogens is 286 g/mol. The van der Waals surface area contributed by atoms with Gasteiger partial charge in [0.15, 0.2) is 9.84 Å². The molecule has 0 aliphatic carbocycles. The van der Waals surface area contributed by atoms with Crippen molar-refractivity contribution in [3.8, 4) is 0 Å². The van der Waals surface area contributed by atoms with Gasteiger partial charge in [0, 0.05) is 13.3 Å². The van der Waals surface area contributed by atoms with Crippen molar-refractivity contribution in [3.63, 3.8) is 0 Å². The summed E-state index contributed by atoms with van der Waals surface area (Å²) in [5, 5.41) is -0.635. The van der Waals surface area contributed by atoms with E-state index in [4.69, 9.17) is 4.74 Å². The van der Waals surface area contributed by atoms with Gasteiger partial charge in [0.25, 0.3) is 0 Å². The molecule has 1 heterocycles. The average Bonchev–Trinajstić information content (AvgIpc) is 2.39. The maximum atomic E-state index is 11.8. The molecule has 0 radical (unpaired) electrons. The summed E-state index contributed by atoms with van der Waals surface area (Å²) in [6, 6.07) is 0. The highest BCUT2D eigenvalue weighted by molar-refractivity contribution is 7.92. The topological polar surface area (TPSA) is 55.7 Å². The van der Waals surface area contributed by atoms with E-state index in [1.165, 1.54) is 6.26 Å². The van der Waals surface area contributed by atoms with Gasteiger partial charge in [-0.05, 0) is 44.1 Å². The normalized spacial score (nSPS) is 30.3. The molecule has 0 amide bonds. The van der Waals surface area contributed by atoms with Gasteiger partial charge >= 0.3 is 0 Å². The SMILES string of the molecule is CCC1CCO/C(C(=NC)C(C)S(C)(=O)=O)=C(/C)CC1C. The van der Waals surface area contributed by atoms with Gasteiger partial charge in [0.05, 0.1) is 12.3 Å². The van der Waals surface area contributed by atoms with E-state index < -0.39 is 15.1 Å². The number of rotatable bonds is 4. The zero-order valence-electron chi connectivity index (χ0n) is 14.1. The Labute approximate surface area is 129 Å². The van der Waals surface area contributed by atoms with E-state index in [9.17, 15) is 8.42 Å². The van der Waals surface area contributed by atoms with E-state index in [-0.39, 0.29) is 0 Å². The Bertz CT molecular complexity index is 520. The molecule has 0 N–H and O–H groups in total. The van der Waals surface area contributed by atoms with Gasteiger partial charge in [0.2, 0.25) is 0 Å². The summed E-state index contributed by atoms with van der Waals surface area (Å²) in [6.07, 6.45) is 4.35. The molecule has 122 valence electrons. The smallest absolute Gasteiger partial charge is 0.155 e. The monoisotopic (exact) mass is 315 g/mol. The standard InChI is InChI=1S/C16H29NO3S/c1-7-14-8-9-20-16(12(3)10-11(14)2)15(17-5)13(4)21(6,18)19/h11,13-14H,7-10H2,1-6H3/b16-12-,17-15?. The number of aliphatic imine (C=N–C) groups is 1. The molecule has 3 unspecified atom stereocenters. The Morgan fingerprint density at radius 3 is 2.57 bits per heavy atom. The van der Waals surface area contributed by atoms with Crippen molar-refractivity contribution in [1.82, 2.24) is 0 Å². The van der Waals surface area contributed by atoms with Crippen molar-refractivity contribution in [2.75, 3.05) is 19.9 Å². The molecule has 3 atom stereocenters. The lowest BCUT2D eigenvalue weighted by atomic mass is 9.83. The van der Waals surface area contributed by atoms with E-state index in [1.54, 1.807) is 14.0 Å². The molecule has 0 spiro atoms. The van der Waals surface area contributed by atoms with Crippen molar-refractivity contribution in [2.24, 2.45) is 16.8 Å². The van der Waals surface area contributed by atoms with E-state index in [1.807, 2.05) is 6.92 Å². The van der Waals surface area contributed by atoms with E-state index in [0.717, 1.165) is 24.8 Å². The first-order valence-electron chi connectivity index (χ1n) is 7.70. The predicted octanol–water partition coefficient (Wildman–Crippen LogP) is 3.24. The lowest BCUT2D eigenvalue weighted by Gasteiger charge is -2.29. The number of nitrogens with zero attached hydrogens (tertiary/aromatic N) is 1. The fraction of sp³-hybridized carbons (Fsp3) is 0.812. The number of hydrogen-bond donors (Lipinski definition) is 0. The van der Waals surface area contributed by atoms with Crippen LogP contribution in [0.1, 0.15) is 47.0 Å². The Kier molecular flexibility index (Phi) is 6.44. The molecule has 1 aliphatic heterocycles. The Hall–Kier alpha value is -0.840. The molecule has 0 aromatic heterocycles. The minimum atomic E-state index is -3.18. The largest absolute Gasteiger partial charge is 0.492 e. The Balaban J connectivity index is 3.14. The van der Waals surface area contributed by atoms with Crippen molar-refractivity contribution >= 4 is 15.5 Å². The van der Waals surface area contributed by atoms with Crippen molar-refractivity contribution in [1.29, 1.82) is 0 Å². The lowest BCUT2D eigenvalue weighted by Crippen LogP contribution is -2.31. The summed E-state index contributed by atoms with van der Waals surface area (Å²) in [7, 11) is -1.55. The van der Waals surface area contributed by atoms with Crippen LogP contribution in [0.25, 0.3) is 0 Å². The van der Waals surface area contributed by atoms with Crippen LogP contribution < -0.4 is 0 Å². The highest BCUT2D eigenvalue weighted by Gasteiger charge is 2.29. The second-order valence-corrected chi connectivity index (χ2v) is 8.54. The van der Waals surface area contributed by atoms with Crippen molar-refractivity contribution < 1.29 is 13.2 Å². The highest BCUT2D eigenvalue weighted by Crippen LogP contribution is 2.31. The summed E-state index contributed by atoms with van der Waals surface area (Å²) >= 11 is 0. The van der Waals surface area contributed by atoms with Crippen molar-refractivity contribution in [2.45, 2.75) is 52.2 Å². The molecule has 5 heteroatoms. The lowest BCUT2D eigenvalue weighted by molar-refractivity contribution is 0.167. The van der Waals surface area contributed by atoms with E-state index in [0.29, 0.717) is 29.9 Å². The van der Waals surface area contributed by atoms with Crippen LogP contribution in [0, 0.1) is 11.8 Å². The first-order chi connectivity index (χ1) is 9.72. The molecule has 21 heavy (non-hydrogen) atoms. The Morgan fingerprint density at radius 2 is 2.10 bits per heavy atom. The average molecular weight is 315 g/mol. The highest BCUT2D eigenvalue weighted by atomic mass is 32.2. The molecule has 1 aliphatic rings. The predicted molar refractivity (Wildman–Crippen MR) is 88.5 cm³/mol. The summed E-state index contributed by atoms with van der Waals surface area (Å²) in [5.41, 5.74) is 1.66. The van der Waals surface area contributed by atoms with E-state index in [2.05, 4.69) is 18.8 Å². The summed E-state index contributed by atoms with van der Waals surface area (Å²) in [4.78, 5) is 4.22. The summed E-state index contributed by atoms with van der Waals surface area (Å²) in [6.45, 7) is 8.82. The van der Waals surface area contributed by atoms with Gasteiger partial charge < -0.3 is 4.74 Å². The molecule has 0 aromatic carbocycles. The van der Waals surface area contributed by atoms with Gasteiger partial charge in [-0.1, -0.05) is 20.3 Å². The maximum Gasteiger partial charge on any atom is 0.155 e. The van der Waals surface area contributed by atoms with E-state index >= 15 is 0 Å². The quantitative estimate of drug-likeness (QED) is 0.748. The first kappa shape index (κ1) is 18.2. The second kappa shape index (κ2) is 7.43. The summed E-state index contributed by atoms with van der Waals surface area (Å²) in [5.74, 6) is 1.94. The van der Waals surface area contributed by atoms with Crippen LogP contribution in [0.4, 0.5) is 0 Å². The van der Waals surface area contributed by atoms with Crippen LogP contribution in [0.2, 0.25) is 0 Å². The minimum Gasteiger partial charge on any atom is -0.492 e. The maximum absolute atomic E-state index is 11.8. The number of hydrogen-bond acceptors (Lipinski definition) is 4. The number of allylic oxidation sites excluding steroid dienone is 2. The van der Waals surface area contributed by atoms with Gasteiger partial charge in [-0.2, -0.15) is 0 Å². The fourth-order valence-corrected chi connectivity index (χ4v) is 3.65. The van der Waals surface area contributed by atoms with Crippen LogP contribution in [-0.4, -0.2) is 39.3 Å². The zero-order chi connectivity index (χ0) is 16.2. The third-order valence-corrected chi connectivity index (χ3v) is 6.09. The first-order valence-corrected chi connectivity index (χ1v) is 9.66. The van der Waals surface area contributed by atoms with Crippen LogP contribution in [-0.2, 0) is 14.6 Å². The van der Waals surface area contributed by atoms with Crippen LogP contribution >= 0.6 is 0 Å². The molecule has 0 saturated carbocycles.